The maximum absolute atomic E-state index is 5.29. The predicted octanol–water partition coefficient (Wildman–Crippen LogP) is 2.44. The Morgan fingerprint density at radius 2 is 2.33 bits per heavy atom. The van der Waals surface area contributed by atoms with E-state index in [1.54, 1.807) is 7.11 Å². The molecular weight excluding hydrogens is 224 g/mol. The molecule has 0 saturated carbocycles. The van der Waals surface area contributed by atoms with E-state index in [1.807, 2.05) is 6.07 Å². The van der Waals surface area contributed by atoms with Gasteiger partial charge < -0.3 is 10.1 Å². The molecule has 18 heavy (non-hydrogen) atoms. The molecule has 1 N–H and O–H groups in total. The van der Waals surface area contributed by atoms with Crippen molar-refractivity contribution >= 4 is 0 Å². The van der Waals surface area contributed by atoms with Crippen molar-refractivity contribution in [3.63, 3.8) is 0 Å². The first kappa shape index (κ1) is 13.4. The van der Waals surface area contributed by atoms with Crippen molar-refractivity contribution in [2.45, 2.75) is 31.8 Å². The summed E-state index contributed by atoms with van der Waals surface area (Å²) in [5, 5.41) is 3.55. The maximum atomic E-state index is 5.29. The zero-order valence-electron chi connectivity index (χ0n) is 11.6. The average Bonchev–Trinajstić information content (AvgIpc) is 2.90. The number of ether oxygens (including phenoxy) is 1. The molecule has 2 rings (SSSR count). The van der Waals surface area contributed by atoms with Gasteiger partial charge in [0.25, 0.3) is 0 Å². The van der Waals surface area contributed by atoms with Crippen molar-refractivity contribution in [2.24, 2.45) is 0 Å². The predicted molar refractivity (Wildman–Crippen MR) is 75.1 cm³/mol. The summed E-state index contributed by atoms with van der Waals surface area (Å²) in [5.74, 6) is 0.937. The number of benzene rings is 1. The molecule has 0 aliphatic carbocycles. The molecule has 0 bridgehead atoms. The Morgan fingerprint density at radius 3 is 3.00 bits per heavy atom. The molecule has 1 fully saturated rings. The molecule has 1 aromatic carbocycles. The summed E-state index contributed by atoms with van der Waals surface area (Å²) in [6.07, 6.45) is 2.61. The monoisotopic (exact) mass is 248 g/mol. The lowest BCUT2D eigenvalue weighted by molar-refractivity contribution is 0.237. The van der Waals surface area contributed by atoms with E-state index in [-0.39, 0.29) is 0 Å². The summed E-state index contributed by atoms with van der Waals surface area (Å²) in [7, 11) is 3.92. The Bertz CT molecular complexity index is 375. The Balaban J connectivity index is 1.97. The highest BCUT2D eigenvalue weighted by atomic mass is 16.5. The van der Waals surface area contributed by atoms with Gasteiger partial charge in [0.2, 0.25) is 0 Å². The topological polar surface area (TPSA) is 24.5 Å². The summed E-state index contributed by atoms with van der Waals surface area (Å²) in [6, 6.07) is 9.43. The van der Waals surface area contributed by atoms with Gasteiger partial charge in [0.15, 0.2) is 0 Å². The molecule has 0 aromatic heterocycles. The fraction of sp³-hybridized carbons (Fsp3) is 0.600. The van der Waals surface area contributed by atoms with Crippen LogP contribution in [0, 0.1) is 0 Å². The fourth-order valence-electron chi connectivity index (χ4n) is 2.57. The second-order valence-electron chi connectivity index (χ2n) is 5.19. The van der Waals surface area contributed by atoms with Crippen LogP contribution in [-0.4, -0.2) is 38.2 Å². The number of nitrogens with zero attached hydrogens (tertiary/aromatic N) is 1. The van der Waals surface area contributed by atoms with E-state index in [2.05, 4.69) is 42.4 Å². The first-order valence-electron chi connectivity index (χ1n) is 6.78. The van der Waals surface area contributed by atoms with Crippen LogP contribution in [0.1, 0.15) is 31.4 Å². The minimum atomic E-state index is 0.419. The first-order valence-corrected chi connectivity index (χ1v) is 6.78. The van der Waals surface area contributed by atoms with E-state index < -0.39 is 0 Å². The van der Waals surface area contributed by atoms with Crippen molar-refractivity contribution < 1.29 is 4.74 Å². The minimum Gasteiger partial charge on any atom is -0.497 e. The van der Waals surface area contributed by atoms with Crippen molar-refractivity contribution in [3.05, 3.63) is 29.8 Å². The van der Waals surface area contributed by atoms with Crippen LogP contribution < -0.4 is 10.1 Å². The van der Waals surface area contributed by atoms with Crippen LogP contribution in [0.15, 0.2) is 24.3 Å². The van der Waals surface area contributed by atoms with Gasteiger partial charge in [-0.25, -0.2) is 0 Å². The van der Waals surface area contributed by atoms with Crippen LogP contribution in [0.3, 0.4) is 0 Å². The standard InChI is InChI=1S/C15H24N2O/c1-12(13-6-4-8-15(10-13)18-3)17(2)11-14-7-5-9-16-14/h4,6,8,10,12,14,16H,5,7,9,11H2,1-3H3. The molecule has 0 amide bonds. The highest BCUT2D eigenvalue weighted by Gasteiger charge is 2.19. The van der Waals surface area contributed by atoms with E-state index in [9.17, 15) is 0 Å². The highest BCUT2D eigenvalue weighted by Crippen LogP contribution is 2.23. The Morgan fingerprint density at radius 1 is 1.50 bits per heavy atom. The molecule has 1 aliphatic rings. The van der Waals surface area contributed by atoms with E-state index in [0.29, 0.717) is 12.1 Å². The molecule has 1 aliphatic heterocycles. The van der Waals surface area contributed by atoms with Crippen LogP contribution >= 0.6 is 0 Å². The zero-order valence-corrected chi connectivity index (χ0v) is 11.6. The smallest absolute Gasteiger partial charge is 0.119 e. The summed E-state index contributed by atoms with van der Waals surface area (Å²) in [4.78, 5) is 2.41. The third-order valence-corrected chi connectivity index (χ3v) is 3.91. The molecular formula is C15H24N2O. The van der Waals surface area contributed by atoms with Crippen LogP contribution in [0.2, 0.25) is 0 Å². The van der Waals surface area contributed by atoms with Gasteiger partial charge in [0.05, 0.1) is 7.11 Å². The van der Waals surface area contributed by atoms with E-state index in [0.717, 1.165) is 12.3 Å². The largest absolute Gasteiger partial charge is 0.497 e. The van der Waals surface area contributed by atoms with E-state index >= 15 is 0 Å². The molecule has 1 saturated heterocycles. The molecule has 100 valence electrons. The maximum Gasteiger partial charge on any atom is 0.119 e. The Hall–Kier alpha value is -1.06. The van der Waals surface area contributed by atoms with E-state index in [4.69, 9.17) is 4.74 Å². The minimum absolute atomic E-state index is 0.419. The van der Waals surface area contributed by atoms with Gasteiger partial charge in [0, 0.05) is 18.6 Å². The van der Waals surface area contributed by atoms with Gasteiger partial charge in [0.1, 0.15) is 5.75 Å². The molecule has 3 heteroatoms. The number of hydrogen-bond donors (Lipinski definition) is 1. The number of likely N-dealkylation sites (N-methyl/N-ethyl adjacent to an activating group) is 1. The second kappa shape index (κ2) is 6.21. The van der Waals surface area contributed by atoms with Gasteiger partial charge >= 0.3 is 0 Å². The summed E-state index contributed by atoms with van der Waals surface area (Å²) in [6.45, 7) is 4.54. The molecule has 2 unspecified atom stereocenters. The summed E-state index contributed by atoms with van der Waals surface area (Å²) in [5.41, 5.74) is 1.31. The molecule has 0 spiro atoms. The SMILES string of the molecule is COc1cccc(C(C)N(C)CC2CCCN2)c1. The third-order valence-electron chi connectivity index (χ3n) is 3.91. The normalized spacial score (nSPS) is 21.2. The van der Waals surface area contributed by atoms with Crippen molar-refractivity contribution in [1.29, 1.82) is 0 Å². The highest BCUT2D eigenvalue weighted by molar-refractivity contribution is 5.30. The molecule has 3 nitrogen and oxygen atoms in total. The van der Waals surface area contributed by atoms with Gasteiger partial charge in [-0.05, 0) is 51.1 Å². The van der Waals surface area contributed by atoms with Gasteiger partial charge in [-0.1, -0.05) is 12.1 Å². The average molecular weight is 248 g/mol. The molecule has 2 atom stereocenters. The lowest BCUT2D eigenvalue weighted by Gasteiger charge is -2.28. The van der Waals surface area contributed by atoms with Crippen molar-refractivity contribution in [3.8, 4) is 5.75 Å². The third kappa shape index (κ3) is 3.24. The van der Waals surface area contributed by atoms with Crippen LogP contribution in [0.4, 0.5) is 0 Å². The lowest BCUT2D eigenvalue weighted by Crippen LogP contribution is -2.36. The molecule has 1 heterocycles. The van der Waals surface area contributed by atoms with Crippen LogP contribution in [-0.2, 0) is 0 Å². The fourth-order valence-corrected chi connectivity index (χ4v) is 2.57. The summed E-state index contributed by atoms with van der Waals surface area (Å²) >= 11 is 0. The van der Waals surface area contributed by atoms with Crippen molar-refractivity contribution in [2.75, 3.05) is 27.2 Å². The number of hydrogen-bond acceptors (Lipinski definition) is 3. The summed E-state index contributed by atoms with van der Waals surface area (Å²) < 4.78 is 5.29. The Labute approximate surface area is 110 Å². The lowest BCUT2D eigenvalue weighted by atomic mass is 10.1. The second-order valence-corrected chi connectivity index (χ2v) is 5.19. The van der Waals surface area contributed by atoms with Crippen molar-refractivity contribution in [1.82, 2.24) is 10.2 Å². The van der Waals surface area contributed by atoms with Gasteiger partial charge in [-0.15, -0.1) is 0 Å². The molecule has 1 aromatic rings. The zero-order chi connectivity index (χ0) is 13.0. The number of rotatable bonds is 5. The van der Waals surface area contributed by atoms with Crippen LogP contribution in [0.5, 0.6) is 5.75 Å². The van der Waals surface area contributed by atoms with Gasteiger partial charge in [-0.2, -0.15) is 0 Å². The number of methoxy groups -OCH3 is 1. The number of nitrogens with one attached hydrogen (secondary N) is 1. The molecule has 0 radical (unpaired) electrons. The first-order chi connectivity index (χ1) is 8.70. The Kier molecular flexibility index (Phi) is 4.61. The quantitative estimate of drug-likeness (QED) is 0.866. The van der Waals surface area contributed by atoms with E-state index in [1.165, 1.54) is 24.9 Å². The van der Waals surface area contributed by atoms with Gasteiger partial charge in [-0.3, -0.25) is 4.90 Å². The van der Waals surface area contributed by atoms with Crippen LogP contribution in [0.25, 0.3) is 0 Å².